The number of hydrogen-bond acceptors (Lipinski definition) is 5. The summed E-state index contributed by atoms with van der Waals surface area (Å²) in [5.74, 6) is 0. The number of aromatic nitrogens is 1. The van der Waals surface area contributed by atoms with Crippen molar-refractivity contribution in [3.05, 3.63) is 45.9 Å². The van der Waals surface area contributed by atoms with E-state index in [0.717, 1.165) is 57.7 Å². The van der Waals surface area contributed by atoms with E-state index >= 15 is 0 Å². The van der Waals surface area contributed by atoms with Crippen molar-refractivity contribution >= 4 is 44.9 Å². The van der Waals surface area contributed by atoms with E-state index in [1.54, 1.807) is 17.5 Å². The predicted octanol–water partition coefficient (Wildman–Crippen LogP) is 4.61. The number of pyridine rings is 1. The summed E-state index contributed by atoms with van der Waals surface area (Å²) in [4.78, 5) is 20.7. The molecule has 1 aromatic carbocycles. The van der Waals surface area contributed by atoms with Gasteiger partial charge >= 0.3 is 6.09 Å². The van der Waals surface area contributed by atoms with Gasteiger partial charge in [0.2, 0.25) is 0 Å². The number of thiophene rings is 1. The molecule has 2 N–H and O–H groups in total. The summed E-state index contributed by atoms with van der Waals surface area (Å²) in [5, 5.41) is 19.7. The maximum Gasteiger partial charge on any atom is 0.407 e. The highest BCUT2D eigenvalue weighted by Gasteiger charge is 2.34. The van der Waals surface area contributed by atoms with Crippen LogP contribution >= 0.6 is 22.9 Å². The third-order valence-electron chi connectivity index (χ3n) is 6.07. The monoisotopic (exact) mass is 443 g/mol. The molecule has 6 nitrogen and oxygen atoms in total. The summed E-state index contributed by atoms with van der Waals surface area (Å²) in [7, 11) is 0. The smallest absolute Gasteiger partial charge is 0.407 e. The molecular formula is C22H22ClN3O3S. The quantitative estimate of drug-likeness (QED) is 0.618. The van der Waals surface area contributed by atoms with Crippen LogP contribution in [0.25, 0.3) is 21.3 Å². The molecule has 0 aliphatic carbocycles. The first-order valence-corrected chi connectivity index (χ1v) is 11.3. The van der Waals surface area contributed by atoms with E-state index in [4.69, 9.17) is 11.6 Å². The van der Waals surface area contributed by atoms with E-state index in [1.807, 2.05) is 24.3 Å². The fraction of sp³-hybridized carbons (Fsp3) is 0.364. The van der Waals surface area contributed by atoms with Crippen LogP contribution in [0.2, 0.25) is 5.02 Å². The molecule has 156 valence electrons. The molecule has 4 heterocycles. The van der Waals surface area contributed by atoms with E-state index in [9.17, 15) is 15.0 Å². The lowest BCUT2D eigenvalue weighted by Crippen LogP contribution is -2.41. The summed E-state index contributed by atoms with van der Waals surface area (Å²) in [6, 6.07) is 8.16. The number of aliphatic hydroxyl groups excluding tert-OH is 1. The highest BCUT2D eigenvalue weighted by Crippen LogP contribution is 2.44. The number of fused-ring (bicyclic) bond motifs is 2. The number of likely N-dealkylation sites (tertiary alicyclic amines) is 1. The van der Waals surface area contributed by atoms with Crippen LogP contribution in [0.3, 0.4) is 0 Å². The number of carbonyl (C=O) groups is 1. The van der Waals surface area contributed by atoms with Crippen molar-refractivity contribution in [1.82, 2.24) is 9.88 Å². The Morgan fingerprint density at radius 1 is 1.27 bits per heavy atom. The topological polar surface area (TPSA) is 76.9 Å². The summed E-state index contributed by atoms with van der Waals surface area (Å²) in [6.45, 7) is 1.99. The average molecular weight is 444 g/mol. The minimum absolute atomic E-state index is 0.00661. The SMILES string of the molecule is O=C(O)N1CC[C@H](N2CCCc3cc(Cl)cc(-c4ccnc5cc(CO)sc45)c32)C1. The Labute approximate surface area is 183 Å². The Morgan fingerprint density at radius 2 is 2.13 bits per heavy atom. The lowest BCUT2D eigenvalue weighted by Gasteiger charge is -2.38. The molecule has 1 fully saturated rings. The molecule has 3 aromatic rings. The van der Waals surface area contributed by atoms with Crippen molar-refractivity contribution < 1.29 is 15.0 Å². The number of anilines is 1. The van der Waals surface area contributed by atoms with Crippen molar-refractivity contribution in [2.24, 2.45) is 0 Å². The first kappa shape index (κ1) is 19.6. The normalized spacial score (nSPS) is 18.8. The zero-order valence-electron chi connectivity index (χ0n) is 16.3. The summed E-state index contributed by atoms with van der Waals surface area (Å²) >= 11 is 8.08. The molecule has 0 saturated carbocycles. The molecule has 2 aliphatic rings. The van der Waals surface area contributed by atoms with Crippen LogP contribution < -0.4 is 4.90 Å². The number of aliphatic hydroxyl groups is 1. The van der Waals surface area contributed by atoms with Crippen molar-refractivity contribution in [1.29, 1.82) is 0 Å². The van der Waals surface area contributed by atoms with Gasteiger partial charge in [-0.05, 0) is 49.1 Å². The van der Waals surface area contributed by atoms with Crippen LogP contribution in [0.4, 0.5) is 10.5 Å². The summed E-state index contributed by atoms with van der Waals surface area (Å²) < 4.78 is 1.04. The first-order chi connectivity index (χ1) is 14.5. The lowest BCUT2D eigenvalue weighted by atomic mass is 9.92. The van der Waals surface area contributed by atoms with Gasteiger partial charge in [-0.25, -0.2) is 4.79 Å². The fourth-order valence-electron chi connectivity index (χ4n) is 4.76. The lowest BCUT2D eigenvalue weighted by molar-refractivity contribution is 0.155. The van der Waals surface area contributed by atoms with Crippen molar-refractivity contribution in [2.75, 3.05) is 24.5 Å². The number of carboxylic acid groups (broad SMARTS) is 1. The molecule has 8 heteroatoms. The molecule has 1 amide bonds. The van der Waals surface area contributed by atoms with Gasteiger partial charge in [-0.2, -0.15) is 0 Å². The van der Waals surface area contributed by atoms with E-state index in [2.05, 4.69) is 9.88 Å². The van der Waals surface area contributed by atoms with Crippen molar-refractivity contribution in [2.45, 2.75) is 31.9 Å². The third-order valence-corrected chi connectivity index (χ3v) is 7.43. The molecule has 0 radical (unpaired) electrons. The standard InChI is InChI=1S/C22H22ClN3O3S/c23-14-8-13-2-1-6-26(15-4-7-25(11-15)22(28)29)20(13)18(9-14)17-3-5-24-19-10-16(12-27)30-21(17)19/h3,5,8-10,15,27H,1-2,4,6-7,11-12H2,(H,28,29)/t15-/m0/s1. The van der Waals surface area contributed by atoms with E-state index in [-0.39, 0.29) is 12.6 Å². The van der Waals surface area contributed by atoms with E-state index < -0.39 is 6.09 Å². The average Bonchev–Trinajstić information content (AvgIpc) is 3.39. The van der Waals surface area contributed by atoms with Crippen LogP contribution in [0.5, 0.6) is 0 Å². The maximum absolute atomic E-state index is 11.4. The number of nitrogens with zero attached hydrogens (tertiary/aromatic N) is 3. The molecule has 0 spiro atoms. The Hall–Kier alpha value is -2.35. The zero-order valence-corrected chi connectivity index (χ0v) is 17.9. The minimum atomic E-state index is -0.850. The maximum atomic E-state index is 11.4. The van der Waals surface area contributed by atoms with Gasteiger partial charge in [0, 0.05) is 58.6 Å². The molecule has 2 aliphatic heterocycles. The minimum Gasteiger partial charge on any atom is -0.465 e. The largest absolute Gasteiger partial charge is 0.465 e. The van der Waals surface area contributed by atoms with Crippen molar-refractivity contribution in [3.8, 4) is 11.1 Å². The van der Waals surface area contributed by atoms with Gasteiger partial charge in [0.05, 0.1) is 16.8 Å². The number of benzene rings is 1. The second kappa shape index (κ2) is 7.72. The van der Waals surface area contributed by atoms with E-state index in [1.165, 1.54) is 10.5 Å². The van der Waals surface area contributed by atoms with Crippen LogP contribution in [0.15, 0.2) is 30.5 Å². The Morgan fingerprint density at radius 3 is 2.90 bits per heavy atom. The fourth-order valence-corrected chi connectivity index (χ4v) is 6.00. The second-order valence-electron chi connectivity index (χ2n) is 7.87. The zero-order chi connectivity index (χ0) is 20.8. The van der Waals surface area contributed by atoms with Gasteiger partial charge < -0.3 is 20.0 Å². The van der Waals surface area contributed by atoms with Gasteiger partial charge in [-0.15, -0.1) is 11.3 Å². The molecule has 0 unspecified atom stereocenters. The number of hydrogen-bond donors (Lipinski definition) is 2. The van der Waals surface area contributed by atoms with Gasteiger partial charge in [0.1, 0.15) is 0 Å². The van der Waals surface area contributed by atoms with Gasteiger partial charge in [-0.1, -0.05) is 11.6 Å². The molecule has 1 saturated heterocycles. The highest BCUT2D eigenvalue weighted by atomic mass is 35.5. The molecule has 2 aromatic heterocycles. The number of rotatable bonds is 3. The van der Waals surface area contributed by atoms with Crippen molar-refractivity contribution in [3.63, 3.8) is 0 Å². The Kier molecular flexibility index (Phi) is 5.05. The molecule has 1 atom stereocenters. The van der Waals surface area contributed by atoms with Crippen LogP contribution in [0, 0.1) is 0 Å². The third kappa shape index (κ3) is 3.31. The molecule has 5 rings (SSSR count). The Bertz CT molecular complexity index is 1130. The van der Waals surface area contributed by atoms with Crippen LogP contribution in [0.1, 0.15) is 23.3 Å². The number of amides is 1. The van der Waals surface area contributed by atoms with Gasteiger partial charge in [-0.3, -0.25) is 4.98 Å². The Balaban J connectivity index is 1.65. The second-order valence-corrected chi connectivity index (χ2v) is 9.45. The van der Waals surface area contributed by atoms with E-state index in [0.29, 0.717) is 18.1 Å². The van der Waals surface area contributed by atoms with Crippen LogP contribution in [-0.2, 0) is 13.0 Å². The molecular weight excluding hydrogens is 422 g/mol. The molecule has 30 heavy (non-hydrogen) atoms. The summed E-state index contributed by atoms with van der Waals surface area (Å²) in [6.07, 6.45) is 3.75. The highest BCUT2D eigenvalue weighted by molar-refractivity contribution is 7.19. The predicted molar refractivity (Wildman–Crippen MR) is 120 cm³/mol. The first-order valence-electron chi connectivity index (χ1n) is 10.1. The van der Waals surface area contributed by atoms with Gasteiger partial charge in [0.25, 0.3) is 0 Å². The van der Waals surface area contributed by atoms with Crippen LogP contribution in [-0.4, -0.2) is 51.9 Å². The molecule has 0 bridgehead atoms. The summed E-state index contributed by atoms with van der Waals surface area (Å²) in [5.41, 5.74) is 5.36. The number of aryl methyl sites for hydroxylation is 1. The number of halogens is 1. The van der Waals surface area contributed by atoms with Gasteiger partial charge in [0.15, 0.2) is 0 Å².